The average molecular weight is 406 g/mol. The molecule has 0 unspecified atom stereocenters. The van der Waals surface area contributed by atoms with Gasteiger partial charge in [-0.2, -0.15) is 5.10 Å². The highest BCUT2D eigenvalue weighted by Crippen LogP contribution is 2.27. The predicted octanol–water partition coefficient (Wildman–Crippen LogP) is 3.39. The molecule has 156 valence electrons. The van der Waals surface area contributed by atoms with Gasteiger partial charge in [-0.25, -0.2) is 4.68 Å². The van der Waals surface area contributed by atoms with Crippen LogP contribution in [0.4, 0.5) is 0 Å². The van der Waals surface area contributed by atoms with Crippen LogP contribution in [-0.2, 0) is 9.53 Å². The predicted molar refractivity (Wildman–Crippen MR) is 113 cm³/mol. The third-order valence-corrected chi connectivity index (χ3v) is 5.50. The fourth-order valence-corrected chi connectivity index (χ4v) is 3.97. The number of likely N-dealkylation sites (tertiary alicyclic amines) is 1. The molecule has 1 aromatic carbocycles. The number of carbonyl (C=O) groups excluding carboxylic acids is 2. The summed E-state index contributed by atoms with van der Waals surface area (Å²) >= 11 is 0. The van der Waals surface area contributed by atoms with Crippen molar-refractivity contribution in [3.8, 4) is 11.5 Å². The number of benzene rings is 1. The molecule has 1 fully saturated rings. The van der Waals surface area contributed by atoms with Crippen LogP contribution in [0.25, 0.3) is 11.5 Å². The maximum atomic E-state index is 13.5. The summed E-state index contributed by atoms with van der Waals surface area (Å²) in [5.74, 6) is 0.374. The molecule has 0 aliphatic carbocycles. The fraction of sp³-hybridized carbons (Fsp3) is 0.348. The molecule has 1 amide bonds. The SMILES string of the molecule is CCOC(=O)C1CCN(C(=O)c2c(C)nn(-c3ccccc3)c2-n2cccc2)CC1. The topological polar surface area (TPSA) is 69.4 Å². The summed E-state index contributed by atoms with van der Waals surface area (Å²) in [7, 11) is 0. The molecule has 0 N–H and O–H groups in total. The van der Waals surface area contributed by atoms with E-state index in [1.54, 1.807) is 0 Å². The normalized spacial score (nSPS) is 14.7. The lowest BCUT2D eigenvalue weighted by atomic mass is 9.96. The average Bonchev–Trinajstić information content (AvgIpc) is 3.42. The number of rotatable bonds is 5. The highest BCUT2D eigenvalue weighted by Gasteiger charge is 2.32. The molecule has 4 rings (SSSR count). The van der Waals surface area contributed by atoms with Crippen LogP contribution in [0.3, 0.4) is 0 Å². The van der Waals surface area contributed by atoms with Crippen LogP contribution in [0.15, 0.2) is 54.9 Å². The number of hydrogen-bond acceptors (Lipinski definition) is 4. The molecule has 0 atom stereocenters. The number of ether oxygens (including phenoxy) is 1. The zero-order valence-electron chi connectivity index (χ0n) is 17.3. The number of esters is 1. The van der Waals surface area contributed by atoms with Crippen molar-refractivity contribution in [2.75, 3.05) is 19.7 Å². The summed E-state index contributed by atoms with van der Waals surface area (Å²) in [6, 6.07) is 13.7. The number of piperidine rings is 1. The number of amides is 1. The minimum atomic E-state index is -0.161. The van der Waals surface area contributed by atoms with E-state index < -0.39 is 0 Å². The minimum absolute atomic E-state index is 0.0549. The molecule has 0 saturated carbocycles. The number of para-hydroxylation sites is 1. The summed E-state index contributed by atoms with van der Waals surface area (Å²) in [6.07, 6.45) is 5.07. The van der Waals surface area contributed by atoms with Crippen LogP contribution in [0.2, 0.25) is 0 Å². The highest BCUT2D eigenvalue weighted by molar-refractivity contribution is 5.98. The van der Waals surface area contributed by atoms with Crippen LogP contribution >= 0.6 is 0 Å². The van der Waals surface area contributed by atoms with E-state index in [2.05, 4.69) is 0 Å². The first-order valence-corrected chi connectivity index (χ1v) is 10.3. The third-order valence-electron chi connectivity index (χ3n) is 5.50. The summed E-state index contributed by atoms with van der Waals surface area (Å²) in [4.78, 5) is 27.4. The van der Waals surface area contributed by atoms with E-state index in [9.17, 15) is 9.59 Å². The van der Waals surface area contributed by atoms with E-state index in [0.717, 1.165) is 11.5 Å². The molecule has 3 aromatic rings. The third kappa shape index (κ3) is 3.75. The lowest BCUT2D eigenvalue weighted by molar-refractivity contribution is -0.149. The van der Waals surface area contributed by atoms with Gasteiger partial charge in [0, 0.05) is 25.5 Å². The van der Waals surface area contributed by atoms with E-state index in [1.165, 1.54) is 0 Å². The number of hydrogen-bond donors (Lipinski definition) is 0. The monoisotopic (exact) mass is 406 g/mol. The maximum Gasteiger partial charge on any atom is 0.309 e. The Morgan fingerprint density at radius 3 is 2.37 bits per heavy atom. The smallest absolute Gasteiger partial charge is 0.309 e. The molecule has 1 aliphatic rings. The van der Waals surface area contributed by atoms with Crippen molar-refractivity contribution in [1.29, 1.82) is 0 Å². The second kappa shape index (κ2) is 8.57. The zero-order chi connectivity index (χ0) is 21.1. The lowest BCUT2D eigenvalue weighted by Crippen LogP contribution is -2.41. The Hall–Kier alpha value is -3.35. The molecule has 3 heterocycles. The molecule has 2 aromatic heterocycles. The Labute approximate surface area is 175 Å². The quantitative estimate of drug-likeness (QED) is 0.609. The second-order valence-corrected chi connectivity index (χ2v) is 7.44. The van der Waals surface area contributed by atoms with Crippen molar-refractivity contribution < 1.29 is 14.3 Å². The van der Waals surface area contributed by atoms with Crippen molar-refractivity contribution in [1.82, 2.24) is 19.2 Å². The van der Waals surface area contributed by atoms with Gasteiger partial charge in [-0.1, -0.05) is 18.2 Å². The zero-order valence-corrected chi connectivity index (χ0v) is 17.3. The van der Waals surface area contributed by atoms with Crippen molar-refractivity contribution in [3.63, 3.8) is 0 Å². The van der Waals surface area contributed by atoms with Gasteiger partial charge >= 0.3 is 5.97 Å². The first kappa shape index (κ1) is 19.9. The Morgan fingerprint density at radius 1 is 1.07 bits per heavy atom. The van der Waals surface area contributed by atoms with Crippen LogP contribution in [0.1, 0.15) is 35.8 Å². The van der Waals surface area contributed by atoms with Gasteiger partial charge in [0.15, 0.2) is 5.82 Å². The van der Waals surface area contributed by atoms with Gasteiger partial charge in [0.25, 0.3) is 5.91 Å². The Kier molecular flexibility index (Phi) is 5.70. The largest absolute Gasteiger partial charge is 0.466 e. The Morgan fingerprint density at radius 2 is 1.73 bits per heavy atom. The fourth-order valence-electron chi connectivity index (χ4n) is 3.97. The standard InChI is InChI=1S/C23H26N4O3/c1-3-30-23(29)18-11-15-26(16-12-18)22(28)20-17(2)24-27(19-9-5-4-6-10-19)21(20)25-13-7-8-14-25/h4-10,13-14,18H,3,11-12,15-16H2,1-2H3. The van der Waals surface area contributed by atoms with E-state index in [-0.39, 0.29) is 17.8 Å². The van der Waals surface area contributed by atoms with Gasteiger partial charge in [-0.05, 0) is 51.0 Å². The number of nitrogens with zero attached hydrogens (tertiary/aromatic N) is 4. The van der Waals surface area contributed by atoms with Crippen molar-refractivity contribution >= 4 is 11.9 Å². The molecule has 0 spiro atoms. The first-order valence-electron chi connectivity index (χ1n) is 10.3. The molecule has 1 aliphatic heterocycles. The van der Waals surface area contributed by atoms with Gasteiger partial charge in [0.1, 0.15) is 5.56 Å². The van der Waals surface area contributed by atoms with Crippen LogP contribution in [0.5, 0.6) is 0 Å². The van der Waals surface area contributed by atoms with E-state index >= 15 is 0 Å². The van der Waals surface area contributed by atoms with Crippen LogP contribution in [-0.4, -0.2) is 50.8 Å². The van der Waals surface area contributed by atoms with Gasteiger partial charge < -0.3 is 14.2 Å². The summed E-state index contributed by atoms with van der Waals surface area (Å²) in [6.45, 7) is 5.13. The van der Waals surface area contributed by atoms with Crippen molar-refractivity contribution in [2.45, 2.75) is 26.7 Å². The molecular weight excluding hydrogens is 380 g/mol. The first-order chi connectivity index (χ1) is 14.6. The van der Waals surface area contributed by atoms with Gasteiger partial charge in [0.05, 0.1) is 23.9 Å². The Bertz CT molecular complexity index is 1020. The van der Waals surface area contributed by atoms with Gasteiger partial charge in [-0.15, -0.1) is 0 Å². The molecule has 30 heavy (non-hydrogen) atoms. The summed E-state index contributed by atoms with van der Waals surface area (Å²) in [5, 5.41) is 4.69. The van der Waals surface area contributed by atoms with Crippen LogP contribution in [0, 0.1) is 12.8 Å². The highest BCUT2D eigenvalue weighted by atomic mass is 16.5. The summed E-state index contributed by atoms with van der Waals surface area (Å²) < 4.78 is 8.88. The van der Waals surface area contributed by atoms with Gasteiger partial charge in [-0.3, -0.25) is 9.59 Å². The lowest BCUT2D eigenvalue weighted by Gasteiger charge is -2.31. The number of aryl methyl sites for hydroxylation is 1. The van der Waals surface area contributed by atoms with E-state index in [1.807, 2.05) is 82.9 Å². The van der Waals surface area contributed by atoms with Gasteiger partial charge in [0.2, 0.25) is 0 Å². The number of aromatic nitrogens is 3. The minimum Gasteiger partial charge on any atom is -0.466 e. The molecule has 7 heteroatoms. The van der Waals surface area contributed by atoms with Crippen molar-refractivity contribution in [3.05, 3.63) is 66.1 Å². The second-order valence-electron chi connectivity index (χ2n) is 7.44. The Balaban J connectivity index is 1.65. The van der Waals surface area contributed by atoms with Crippen molar-refractivity contribution in [2.24, 2.45) is 5.92 Å². The molecule has 7 nitrogen and oxygen atoms in total. The molecular formula is C23H26N4O3. The molecule has 1 saturated heterocycles. The van der Waals surface area contributed by atoms with Crippen LogP contribution < -0.4 is 0 Å². The number of carbonyl (C=O) groups is 2. The molecule has 0 bridgehead atoms. The van der Waals surface area contributed by atoms with E-state index in [0.29, 0.717) is 43.8 Å². The maximum absolute atomic E-state index is 13.5. The molecule has 0 radical (unpaired) electrons. The van der Waals surface area contributed by atoms with E-state index in [4.69, 9.17) is 9.84 Å². The summed E-state index contributed by atoms with van der Waals surface area (Å²) in [5.41, 5.74) is 2.16.